The Morgan fingerprint density at radius 1 is 1.35 bits per heavy atom. The highest BCUT2D eigenvalue weighted by atomic mass is 19.4. The predicted molar refractivity (Wildman–Crippen MR) is 60.3 cm³/mol. The van der Waals surface area contributed by atoms with Crippen molar-refractivity contribution in [2.45, 2.75) is 13.3 Å². The topological polar surface area (TPSA) is 68.6 Å². The third kappa shape index (κ3) is 3.54. The molecule has 0 aliphatic carbocycles. The molecule has 0 amide bonds. The van der Waals surface area contributed by atoms with Crippen LogP contribution in [0.3, 0.4) is 0 Å². The van der Waals surface area contributed by atoms with Crippen molar-refractivity contribution in [3.63, 3.8) is 0 Å². The number of hydrogen-bond acceptors (Lipinski definition) is 5. The molecule has 1 rings (SSSR count). The Morgan fingerprint density at radius 2 is 2.00 bits per heavy atom. The van der Waals surface area contributed by atoms with E-state index in [0.29, 0.717) is 0 Å². The minimum Gasteiger partial charge on any atom is -0.492 e. The highest BCUT2D eigenvalue weighted by molar-refractivity contribution is 5.94. The number of carbonyl (C=O) groups excluding carboxylic acids is 1. The van der Waals surface area contributed by atoms with Crippen LogP contribution in [0.2, 0.25) is 0 Å². The van der Waals surface area contributed by atoms with Crippen molar-refractivity contribution in [2.75, 3.05) is 13.7 Å². The monoisotopic (exact) mass is 289 g/mol. The molecule has 0 aliphatic heterocycles. The first kappa shape index (κ1) is 15.6. The lowest BCUT2D eigenvalue weighted by Crippen LogP contribution is -2.19. The van der Waals surface area contributed by atoms with Crippen LogP contribution in [0, 0.1) is 11.3 Å². The minimum atomic E-state index is -5.02. The Bertz CT molecular complexity index is 549. The molecular weight excluding hydrogens is 279 g/mol. The van der Waals surface area contributed by atoms with Gasteiger partial charge in [0.1, 0.15) is 11.6 Å². The molecule has 0 unspecified atom stereocenters. The molecule has 5 nitrogen and oxygen atoms in total. The molecule has 8 heteroatoms. The van der Waals surface area contributed by atoms with Crippen LogP contribution in [0.15, 0.2) is 12.1 Å². The van der Waals surface area contributed by atoms with Crippen LogP contribution in [0.1, 0.15) is 22.8 Å². The molecule has 0 aromatic heterocycles. The summed E-state index contributed by atoms with van der Waals surface area (Å²) in [7, 11) is 1.06. The van der Waals surface area contributed by atoms with Gasteiger partial charge in [-0.3, -0.25) is 0 Å². The second-order valence-electron chi connectivity index (χ2n) is 3.40. The molecule has 0 aliphatic rings. The van der Waals surface area contributed by atoms with Crippen molar-refractivity contribution in [3.05, 3.63) is 23.3 Å². The summed E-state index contributed by atoms with van der Waals surface area (Å²) in [5, 5.41) is 8.80. The third-order valence-electron chi connectivity index (χ3n) is 2.15. The number of hydrogen-bond donors (Lipinski definition) is 0. The fraction of sp³-hybridized carbons (Fsp3) is 0.333. The van der Waals surface area contributed by atoms with Gasteiger partial charge >= 0.3 is 12.3 Å². The van der Waals surface area contributed by atoms with Gasteiger partial charge < -0.3 is 14.2 Å². The van der Waals surface area contributed by atoms with Crippen molar-refractivity contribution in [1.29, 1.82) is 5.26 Å². The van der Waals surface area contributed by atoms with Gasteiger partial charge in [-0.05, 0) is 19.1 Å². The van der Waals surface area contributed by atoms with Crippen LogP contribution in [0.5, 0.6) is 11.5 Å². The van der Waals surface area contributed by atoms with Crippen molar-refractivity contribution >= 4 is 5.97 Å². The van der Waals surface area contributed by atoms with Crippen LogP contribution in [-0.4, -0.2) is 26.0 Å². The SMILES string of the molecule is CCOC(=O)c1ccc(C#N)c(OC(F)(F)F)c1OC. The van der Waals surface area contributed by atoms with Crippen LogP contribution in [0.25, 0.3) is 0 Å². The van der Waals surface area contributed by atoms with E-state index in [0.717, 1.165) is 19.2 Å². The summed E-state index contributed by atoms with van der Waals surface area (Å²) >= 11 is 0. The fourth-order valence-electron chi connectivity index (χ4n) is 1.44. The third-order valence-corrected chi connectivity index (χ3v) is 2.15. The van der Waals surface area contributed by atoms with Gasteiger partial charge in [-0.2, -0.15) is 5.26 Å². The number of esters is 1. The molecule has 0 saturated carbocycles. The fourth-order valence-corrected chi connectivity index (χ4v) is 1.44. The van der Waals surface area contributed by atoms with Gasteiger partial charge in [0.2, 0.25) is 0 Å². The summed E-state index contributed by atoms with van der Waals surface area (Å²) < 4.78 is 50.3. The first-order chi connectivity index (χ1) is 9.34. The zero-order valence-electron chi connectivity index (χ0n) is 10.6. The maximum atomic E-state index is 12.4. The van der Waals surface area contributed by atoms with Crippen LogP contribution in [-0.2, 0) is 4.74 Å². The lowest BCUT2D eigenvalue weighted by molar-refractivity contribution is -0.275. The van der Waals surface area contributed by atoms with Crippen LogP contribution < -0.4 is 9.47 Å². The van der Waals surface area contributed by atoms with Crippen molar-refractivity contribution in [1.82, 2.24) is 0 Å². The molecule has 1 aromatic carbocycles. The molecule has 0 bridgehead atoms. The number of rotatable bonds is 4. The second kappa shape index (κ2) is 6.14. The van der Waals surface area contributed by atoms with Crippen molar-refractivity contribution in [2.24, 2.45) is 0 Å². The zero-order chi connectivity index (χ0) is 15.3. The van der Waals surface area contributed by atoms with E-state index >= 15 is 0 Å². The number of alkyl halides is 3. The maximum absolute atomic E-state index is 12.4. The summed E-state index contributed by atoms with van der Waals surface area (Å²) in [6, 6.07) is 3.70. The summed E-state index contributed by atoms with van der Waals surface area (Å²) in [4.78, 5) is 11.6. The summed E-state index contributed by atoms with van der Waals surface area (Å²) in [5.74, 6) is -2.24. The number of nitriles is 1. The minimum absolute atomic E-state index is 0.0391. The highest BCUT2D eigenvalue weighted by Gasteiger charge is 2.35. The predicted octanol–water partition coefficient (Wildman–Crippen LogP) is 2.64. The van der Waals surface area contributed by atoms with Crippen molar-refractivity contribution < 1.29 is 32.2 Å². The second-order valence-corrected chi connectivity index (χ2v) is 3.40. The van der Waals surface area contributed by atoms with E-state index in [4.69, 9.17) is 14.7 Å². The zero-order valence-corrected chi connectivity index (χ0v) is 10.6. The molecular formula is C12H10F3NO4. The number of nitrogens with zero attached hydrogens (tertiary/aromatic N) is 1. The highest BCUT2D eigenvalue weighted by Crippen LogP contribution is 2.38. The number of benzene rings is 1. The lowest BCUT2D eigenvalue weighted by Gasteiger charge is -2.16. The number of ether oxygens (including phenoxy) is 3. The summed E-state index contributed by atoms with van der Waals surface area (Å²) in [6.45, 7) is 1.58. The largest absolute Gasteiger partial charge is 0.573 e. The maximum Gasteiger partial charge on any atom is 0.573 e. The molecule has 0 heterocycles. The van der Waals surface area contributed by atoms with Crippen LogP contribution in [0.4, 0.5) is 13.2 Å². The van der Waals surface area contributed by atoms with E-state index < -0.39 is 29.4 Å². The van der Waals surface area contributed by atoms with E-state index in [1.165, 1.54) is 6.07 Å². The number of carbonyl (C=O) groups is 1. The first-order valence-electron chi connectivity index (χ1n) is 5.38. The van der Waals surface area contributed by atoms with Gasteiger partial charge in [-0.15, -0.1) is 13.2 Å². The van der Waals surface area contributed by atoms with Gasteiger partial charge in [0.15, 0.2) is 11.5 Å². The number of halogens is 3. The standard InChI is InChI=1S/C12H10F3NO4/c1-3-19-11(17)8-5-4-7(6-16)9(10(8)18-2)20-12(13,14)15/h4-5H,3H2,1-2H3. The molecule has 1 aromatic rings. The molecule has 0 fully saturated rings. The molecule has 108 valence electrons. The van der Waals surface area contributed by atoms with Crippen LogP contribution >= 0.6 is 0 Å². The van der Waals surface area contributed by atoms with Gasteiger partial charge in [0.25, 0.3) is 0 Å². The summed E-state index contributed by atoms with van der Waals surface area (Å²) in [5.41, 5.74) is -0.667. The van der Waals surface area contributed by atoms with E-state index in [1.54, 1.807) is 6.92 Å². The first-order valence-corrected chi connectivity index (χ1v) is 5.38. The normalized spacial score (nSPS) is 10.6. The molecule has 0 saturated heterocycles. The van der Waals surface area contributed by atoms with Gasteiger partial charge in [-0.1, -0.05) is 0 Å². The molecule has 0 spiro atoms. The van der Waals surface area contributed by atoms with E-state index in [1.807, 2.05) is 0 Å². The van der Waals surface area contributed by atoms with E-state index in [9.17, 15) is 18.0 Å². The Labute approximate surface area is 112 Å². The lowest BCUT2D eigenvalue weighted by atomic mass is 10.1. The van der Waals surface area contributed by atoms with Gasteiger partial charge in [0, 0.05) is 0 Å². The van der Waals surface area contributed by atoms with E-state index in [-0.39, 0.29) is 12.2 Å². The molecule has 20 heavy (non-hydrogen) atoms. The molecule has 0 atom stereocenters. The molecule has 0 N–H and O–H groups in total. The van der Waals surface area contributed by atoms with Crippen molar-refractivity contribution in [3.8, 4) is 17.6 Å². The average molecular weight is 289 g/mol. The average Bonchev–Trinajstić information content (AvgIpc) is 2.36. The number of methoxy groups -OCH3 is 1. The van der Waals surface area contributed by atoms with E-state index in [2.05, 4.69) is 4.74 Å². The summed E-state index contributed by atoms with van der Waals surface area (Å²) in [6.07, 6.45) is -5.02. The Hall–Kier alpha value is -2.43. The Morgan fingerprint density at radius 3 is 2.45 bits per heavy atom. The smallest absolute Gasteiger partial charge is 0.492 e. The van der Waals surface area contributed by atoms with Gasteiger partial charge in [0.05, 0.1) is 19.3 Å². The van der Waals surface area contributed by atoms with Gasteiger partial charge in [-0.25, -0.2) is 4.79 Å². The molecule has 0 radical (unpaired) electrons. The Kier molecular flexibility index (Phi) is 4.80. The Balaban J connectivity index is 3.41. The quantitative estimate of drug-likeness (QED) is 0.797.